The van der Waals surface area contributed by atoms with Crippen LogP contribution in [-0.4, -0.2) is 19.7 Å². The molecule has 0 aliphatic carbocycles. The average Bonchev–Trinajstić information content (AvgIpc) is 2.30. The molecule has 1 N–H and O–H groups in total. The second kappa shape index (κ2) is 4.75. The van der Waals surface area contributed by atoms with Crippen LogP contribution in [0.25, 0.3) is 0 Å². The summed E-state index contributed by atoms with van der Waals surface area (Å²) in [6.07, 6.45) is 0. The van der Waals surface area contributed by atoms with Crippen LogP contribution in [0.2, 0.25) is 0 Å². The highest BCUT2D eigenvalue weighted by Crippen LogP contribution is 2.30. The van der Waals surface area contributed by atoms with Crippen LogP contribution in [0.1, 0.15) is 37.8 Å². The van der Waals surface area contributed by atoms with Gasteiger partial charge >= 0.3 is 0 Å². The first kappa shape index (κ1) is 12.5. The highest BCUT2D eigenvalue weighted by atomic mass is 19.1. The molecule has 1 fully saturated rings. The van der Waals surface area contributed by atoms with Crippen molar-refractivity contribution in [3.8, 4) is 0 Å². The molecule has 1 aliphatic heterocycles. The molecule has 2 rings (SSSR count). The Balaban J connectivity index is 2.35. The van der Waals surface area contributed by atoms with E-state index in [-0.39, 0.29) is 17.3 Å². The fourth-order valence-corrected chi connectivity index (χ4v) is 2.23. The second-order valence-corrected chi connectivity index (χ2v) is 5.15. The lowest BCUT2D eigenvalue weighted by molar-refractivity contribution is -0.0573. The van der Waals surface area contributed by atoms with Crippen LogP contribution in [0.4, 0.5) is 4.39 Å². The van der Waals surface area contributed by atoms with E-state index in [4.69, 9.17) is 4.74 Å². The minimum atomic E-state index is -0.338. The Morgan fingerprint density at radius 2 is 2.18 bits per heavy atom. The van der Waals surface area contributed by atoms with Crippen molar-refractivity contribution in [1.29, 1.82) is 0 Å². The number of benzene rings is 1. The normalized spacial score (nSPS) is 25.2. The van der Waals surface area contributed by atoms with E-state index in [0.29, 0.717) is 6.61 Å². The molecule has 94 valence electrons. The van der Waals surface area contributed by atoms with Crippen molar-refractivity contribution in [2.45, 2.75) is 32.3 Å². The van der Waals surface area contributed by atoms with Crippen molar-refractivity contribution in [3.05, 3.63) is 35.1 Å². The summed E-state index contributed by atoms with van der Waals surface area (Å²) in [4.78, 5) is 0. The van der Waals surface area contributed by atoms with Crippen molar-refractivity contribution >= 4 is 0 Å². The molecule has 0 saturated carbocycles. The Morgan fingerprint density at radius 1 is 1.41 bits per heavy atom. The topological polar surface area (TPSA) is 21.3 Å². The summed E-state index contributed by atoms with van der Waals surface area (Å²) in [7, 11) is 0. The van der Waals surface area contributed by atoms with E-state index in [1.807, 2.05) is 26.0 Å². The molecule has 2 nitrogen and oxygen atoms in total. The third kappa shape index (κ3) is 2.50. The zero-order valence-electron chi connectivity index (χ0n) is 10.7. The number of rotatable bonds is 2. The molecule has 0 amide bonds. The Morgan fingerprint density at radius 3 is 2.76 bits per heavy atom. The number of nitrogens with one attached hydrogen (secondary N) is 1. The number of ether oxygens (including phenoxy) is 1. The molecule has 1 atom stereocenters. The maximum Gasteiger partial charge on any atom is 0.126 e. The summed E-state index contributed by atoms with van der Waals surface area (Å²) in [5.74, 6) is 0.0613. The van der Waals surface area contributed by atoms with Crippen molar-refractivity contribution in [3.63, 3.8) is 0 Å². The first-order chi connectivity index (χ1) is 8.03. The predicted octanol–water partition coefficient (Wildman–Crippen LogP) is 2.78. The summed E-state index contributed by atoms with van der Waals surface area (Å²) in [5, 5.41) is 3.32. The van der Waals surface area contributed by atoms with Gasteiger partial charge in [-0.1, -0.05) is 19.9 Å². The molecule has 1 aliphatic rings. The molecular formula is C14H20FNO. The maximum atomic E-state index is 13.7. The third-order valence-electron chi connectivity index (χ3n) is 3.39. The summed E-state index contributed by atoms with van der Waals surface area (Å²) in [6, 6.07) is 5.31. The van der Waals surface area contributed by atoms with Gasteiger partial charge in [-0.2, -0.15) is 0 Å². The van der Waals surface area contributed by atoms with Crippen LogP contribution in [0.5, 0.6) is 0 Å². The molecule has 1 heterocycles. The van der Waals surface area contributed by atoms with Gasteiger partial charge in [-0.15, -0.1) is 0 Å². The number of hydrogen-bond donors (Lipinski definition) is 1. The summed E-state index contributed by atoms with van der Waals surface area (Å²) in [5.41, 5.74) is 1.47. The van der Waals surface area contributed by atoms with Crippen molar-refractivity contribution in [2.24, 2.45) is 0 Å². The fourth-order valence-electron chi connectivity index (χ4n) is 2.23. The van der Waals surface area contributed by atoms with E-state index in [1.54, 1.807) is 6.07 Å². The maximum absolute atomic E-state index is 13.7. The van der Waals surface area contributed by atoms with Crippen molar-refractivity contribution in [1.82, 2.24) is 5.32 Å². The van der Waals surface area contributed by atoms with E-state index in [2.05, 4.69) is 12.2 Å². The molecule has 1 aromatic carbocycles. The van der Waals surface area contributed by atoms with Gasteiger partial charge in [0.25, 0.3) is 0 Å². The second-order valence-electron chi connectivity index (χ2n) is 5.15. The molecule has 0 radical (unpaired) electrons. The summed E-state index contributed by atoms with van der Waals surface area (Å²) >= 11 is 0. The van der Waals surface area contributed by atoms with E-state index in [9.17, 15) is 4.39 Å². The zero-order valence-corrected chi connectivity index (χ0v) is 10.7. The number of halogens is 1. The first-order valence-electron chi connectivity index (χ1n) is 6.17. The SMILES string of the molecule is CC(C)c1cc([C@]2(C)CNCCO2)ccc1F. The quantitative estimate of drug-likeness (QED) is 0.854. The third-order valence-corrected chi connectivity index (χ3v) is 3.39. The van der Waals surface area contributed by atoms with Crippen molar-refractivity contribution in [2.75, 3.05) is 19.7 Å². The van der Waals surface area contributed by atoms with Crippen LogP contribution in [0.3, 0.4) is 0 Å². The lowest BCUT2D eigenvalue weighted by atomic mass is 9.90. The van der Waals surface area contributed by atoms with Gasteiger partial charge in [0.2, 0.25) is 0 Å². The van der Waals surface area contributed by atoms with E-state index < -0.39 is 0 Å². The molecule has 1 saturated heterocycles. The molecule has 0 spiro atoms. The number of hydrogen-bond acceptors (Lipinski definition) is 2. The molecule has 0 bridgehead atoms. The molecule has 0 unspecified atom stereocenters. The van der Waals surface area contributed by atoms with Gasteiger partial charge in [-0.05, 0) is 36.1 Å². The van der Waals surface area contributed by atoms with Gasteiger partial charge < -0.3 is 10.1 Å². The van der Waals surface area contributed by atoms with Gasteiger partial charge in [-0.25, -0.2) is 4.39 Å². The molecule has 17 heavy (non-hydrogen) atoms. The van der Waals surface area contributed by atoms with E-state index in [1.165, 1.54) is 0 Å². The Bertz CT molecular complexity index is 397. The van der Waals surface area contributed by atoms with Gasteiger partial charge in [-0.3, -0.25) is 0 Å². The van der Waals surface area contributed by atoms with Crippen LogP contribution in [0, 0.1) is 5.82 Å². The van der Waals surface area contributed by atoms with Crippen LogP contribution in [-0.2, 0) is 10.3 Å². The lowest BCUT2D eigenvalue weighted by Crippen LogP contribution is -2.45. The first-order valence-corrected chi connectivity index (χ1v) is 6.17. The molecule has 0 aromatic heterocycles. The largest absolute Gasteiger partial charge is 0.368 e. The van der Waals surface area contributed by atoms with Gasteiger partial charge in [0.1, 0.15) is 11.4 Å². The smallest absolute Gasteiger partial charge is 0.126 e. The Hall–Kier alpha value is -0.930. The summed E-state index contributed by atoms with van der Waals surface area (Å²) < 4.78 is 19.5. The molecule has 3 heteroatoms. The van der Waals surface area contributed by atoms with Crippen LogP contribution in [0.15, 0.2) is 18.2 Å². The van der Waals surface area contributed by atoms with Crippen molar-refractivity contribution < 1.29 is 9.13 Å². The standard InChI is InChI=1S/C14H20FNO/c1-10(2)12-8-11(4-5-13(12)15)14(3)9-16-6-7-17-14/h4-5,8,10,16H,6-7,9H2,1-3H3/t14-/m0/s1. The van der Waals surface area contributed by atoms with Gasteiger partial charge in [0.15, 0.2) is 0 Å². The van der Waals surface area contributed by atoms with E-state index in [0.717, 1.165) is 24.2 Å². The highest BCUT2D eigenvalue weighted by molar-refractivity contribution is 5.31. The average molecular weight is 237 g/mol. The van der Waals surface area contributed by atoms with Gasteiger partial charge in [0, 0.05) is 13.1 Å². The Kier molecular flexibility index (Phi) is 3.50. The minimum Gasteiger partial charge on any atom is -0.368 e. The van der Waals surface area contributed by atoms with Crippen LogP contribution >= 0.6 is 0 Å². The van der Waals surface area contributed by atoms with Crippen LogP contribution < -0.4 is 5.32 Å². The lowest BCUT2D eigenvalue weighted by Gasteiger charge is -2.35. The van der Waals surface area contributed by atoms with Gasteiger partial charge in [0.05, 0.1) is 6.61 Å². The van der Waals surface area contributed by atoms with E-state index >= 15 is 0 Å². The fraction of sp³-hybridized carbons (Fsp3) is 0.571. The monoisotopic (exact) mass is 237 g/mol. The zero-order chi connectivity index (χ0) is 12.5. The molecular weight excluding hydrogens is 217 g/mol. The molecule has 1 aromatic rings. The minimum absolute atomic E-state index is 0.129. The number of morpholine rings is 1. The predicted molar refractivity (Wildman–Crippen MR) is 66.7 cm³/mol. The summed E-state index contributed by atoms with van der Waals surface area (Å²) in [6.45, 7) is 8.42. The Labute approximate surface area is 102 Å². The highest BCUT2D eigenvalue weighted by Gasteiger charge is 2.30.